The number of amides is 1. The van der Waals surface area contributed by atoms with Crippen molar-refractivity contribution in [3.63, 3.8) is 0 Å². The van der Waals surface area contributed by atoms with Crippen LogP contribution in [0.2, 0.25) is 0 Å². The van der Waals surface area contributed by atoms with E-state index in [-0.39, 0.29) is 11.9 Å². The summed E-state index contributed by atoms with van der Waals surface area (Å²) in [5, 5.41) is 7.29. The van der Waals surface area contributed by atoms with E-state index in [1.165, 1.54) is 16.2 Å². The summed E-state index contributed by atoms with van der Waals surface area (Å²) in [6, 6.07) is 0. The Morgan fingerprint density at radius 3 is 2.78 bits per heavy atom. The number of esters is 1. The van der Waals surface area contributed by atoms with Crippen molar-refractivity contribution in [1.29, 1.82) is 0 Å². The molecular weight excluding hydrogens is 334 g/mol. The summed E-state index contributed by atoms with van der Waals surface area (Å²) in [5.41, 5.74) is 2.15. The van der Waals surface area contributed by atoms with Crippen molar-refractivity contribution in [3.8, 4) is 0 Å². The fourth-order valence-corrected chi connectivity index (χ4v) is 4.50. The lowest BCUT2D eigenvalue weighted by molar-refractivity contribution is 0.0526. The molecule has 122 valence electrons. The number of hydrogen-bond acceptors (Lipinski definition) is 7. The minimum Gasteiger partial charge on any atom is -0.462 e. The monoisotopic (exact) mass is 351 g/mol. The normalized spacial score (nSPS) is 13.5. The van der Waals surface area contributed by atoms with E-state index in [4.69, 9.17) is 4.74 Å². The van der Waals surface area contributed by atoms with Gasteiger partial charge in [0.1, 0.15) is 9.88 Å². The molecule has 0 atom stereocenters. The molecule has 2 aromatic rings. The predicted molar refractivity (Wildman–Crippen MR) is 89.5 cm³/mol. The quantitative estimate of drug-likeness (QED) is 0.856. The van der Waals surface area contributed by atoms with E-state index in [0.29, 0.717) is 27.7 Å². The average Bonchev–Trinajstić information content (AvgIpc) is 3.10. The van der Waals surface area contributed by atoms with E-state index in [1.807, 2.05) is 0 Å². The van der Waals surface area contributed by atoms with E-state index >= 15 is 0 Å². The Kier molecular flexibility index (Phi) is 4.72. The topological polar surface area (TPSA) is 81.2 Å². The smallest absolute Gasteiger partial charge is 0.341 e. The van der Waals surface area contributed by atoms with Gasteiger partial charge in [0.05, 0.1) is 17.9 Å². The third kappa shape index (κ3) is 3.13. The average molecular weight is 351 g/mol. The minimum absolute atomic E-state index is 0.276. The number of carbonyl (C=O) groups excluding carboxylic acids is 2. The molecule has 0 saturated carbocycles. The Labute approximate surface area is 142 Å². The number of hydrogen-bond donors (Lipinski definition) is 1. The molecule has 23 heavy (non-hydrogen) atoms. The summed E-state index contributed by atoms with van der Waals surface area (Å²) < 4.78 is 8.96. The highest BCUT2D eigenvalue weighted by Gasteiger charge is 2.28. The Morgan fingerprint density at radius 1 is 1.30 bits per heavy atom. The van der Waals surface area contributed by atoms with Gasteiger partial charge in [-0.1, -0.05) is 4.49 Å². The molecule has 1 amide bonds. The summed E-state index contributed by atoms with van der Waals surface area (Å²) in [6.45, 7) is 3.83. The van der Waals surface area contributed by atoms with Gasteiger partial charge in [-0.2, -0.15) is 0 Å². The summed E-state index contributed by atoms with van der Waals surface area (Å²) in [4.78, 5) is 26.4. The maximum Gasteiger partial charge on any atom is 0.341 e. The zero-order valence-corrected chi connectivity index (χ0v) is 14.6. The molecule has 8 heteroatoms. The van der Waals surface area contributed by atoms with Gasteiger partial charge in [0, 0.05) is 4.88 Å². The number of thiophene rings is 1. The second-order valence-corrected chi connectivity index (χ2v) is 7.14. The number of aryl methyl sites for hydroxylation is 2. The molecule has 0 saturated heterocycles. The predicted octanol–water partition coefficient (Wildman–Crippen LogP) is 3.22. The fourth-order valence-electron chi connectivity index (χ4n) is 2.67. The highest BCUT2D eigenvalue weighted by atomic mass is 32.1. The Bertz CT molecular complexity index is 751. The van der Waals surface area contributed by atoms with Gasteiger partial charge in [-0.3, -0.25) is 4.79 Å². The van der Waals surface area contributed by atoms with Crippen LogP contribution in [0.5, 0.6) is 0 Å². The zero-order chi connectivity index (χ0) is 16.4. The SMILES string of the molecule is CCOC(=O)c1c(NC(=O)c2snnc2C)sc2c1CCCC2. The van der Waals surface area contributed by atoms with Crippen LogP contribution < -0.4 is 5.32 Å². The molecule has 2 heterocycles. The number of anilines is 1. The molecular formula is C15H17N3O3S2. The first-order valence-corrected chi connectivity index (χ1v) is 9.12. The van der Waals surface area contributed by atoms with E-state index in [0.717, 1.165) is 42.8 Å². The number of nitrogens with one attached hydrogen (secondary N) is 1. The molecule has 0 aliphatic heterocycles. The van der Waals surface area contributed by atoms with Gasteiger partial charge < -0.3 is 10.1 Å². The van der Waals surface area contributed by atoms with E-state index < -0.39 is 0 Å². The number of nitrogens with zero attached hydrogens (tertiary/aromatic N) is 2. The first kappa shape index (κ1) is 16.1. The van der Waals surface area contributed by atoms with Crippen molar-refractivity contribution in [2.45, 2.75) is 39.5 Å². The second-order valence-electron chi connectivity index (χ2n) is 5.28. The molecule has 0 radical (unpaired) electrons. The molecule has 0 unspecified atom stereocenters. The first-order valence-electron chi connectivity index (χ1n) is 7.53. The van der Waals surface area contributed by atoms with Gasteiger partial charge >= 0.3 is 5.97 Å². The van der Waals surface area contributed by atoms with Crippen LogP contribution in [0, 0.1) is 6.92 Å². The van der Waals surface area contributed by atoms with Crippen molar-refractivity contribution >= 4 is 39.7 Å². The zero-order valence-electron chi connectivity index (χ0n) is 13.0. The summed E-state index contributed by atoms with van der Waals surface area (Å²) in [6.07, 6.45) is 3.98. The minimum atomic E-state index is -0.360. The molecule has 0 aromatic carbocycles. The van der Waals surface area contributed by atoms with Crippen molar-refractivity contribution in [1.82, 2.24) is 9.59 Å². The number of carbonyl (C=O) groups is 2. The molecule has 2 aromatic heterocycles. The molecule has 0 bridgehead atoms. The first-order chi connectivity index (χ1) is 11.1. The Balaban J connectivity index is 1.95. The number of fused-ring (bicyclic) bond motifs is 1. The van der Waals surface area contributed by atoms with Crippen LogP contribution >= 0.6 is 22.9 Å². The third-order valence-electron chi connectivity index (χ3n) is 3.74. The van der Waals surface area contributed by atoms with Gasteiger partial charge in [-0.15, -0.1) is 16.4 Å². The summed E-state index contributed by atoms with van der Waals surface area (Å²) >= 11 is 2.53. The second kappa shape index (κ2) is 6.76. The third-order valence-corrected chi connectivity index (χ3v) is 5.77. The van der Waals surface area contributed by atoms with Crippen LogP contribution in [-0.2, 0) is 17.6 Å². The lowest BCUT2D eigenvalue weighted by Crippen LogP contribution is -2.15. The van der Waals surface area contributed by atoms with E-state index in [1.54, 1.807) is 13.8 Å². The maximum absolute atomic E-state index is 12.4. The lowest BCUT2D eigenvalue weighted by Gasteiger charge is -2.12. The van der Waals surface area contributed by atoms with Crippen molar-refractivity contribution in [2.75, 3.05) is 11.9 Å². The largest absolute Gasteiger partial charge is 0.462 e. The van der Waals surface area contributed by atoms with Crippen LogP contribution in [0.3, 0.4) is 0 Å². The van der Waals surface area contributed by atoms with Crippen molar-refractivity contribution in [3.05, 3.63) is 26.6 Å². The van der Waals surface area contributed by atoms with Gasteiger partial charge in [0.25, 0.3) is 5.91 Å². The molecule has 1 aliphatic carbocycles. The molecule has 6 nitrogen and oxygen atoms in total. The Morgan fingerprint density at radius 2 is 2.09 bits per heavy atom. The van der Waals surface area contributed by atoms with Gasteiger partial charge in [0.15, 0.2) is 0 Å². The van der Waals surface area contributed by atoms with Crippen LogP contribution in [0.25, 0.3) is 0 Å². The van der Waals surface area contributed by atoms with Crippen LogP contribution in [0.1, 0.15) is 55.9 Å². The van der Waals surface area contributed by atoms with Crippen molar-refractivity contribution < 1.29 is 14.3 Å². The standard InChI is InChI=1S/C15H17N3O3S2/c1-3-21-15(20)11-9-6-4-5-7-10(9)22-14(11)16-13(19)12-8(2)17-18-23-12/h3-7H2,1-2H3,(H,16,19). The van der Waals surface area contributed by atoms with Gasteiger partial charge in [-0.05, 0) is 56.6 Å². The van der Waals surface area contributed by atoms with Gasteiger partial charge in [0.2, 0.25) is 0 Å². The molecule has 1 aliphatic rings. The molecule has 0 fully saturated rings. The van der Waals surface area contributed by atoms with Crippen molar-refractivity contribution in [2.24, 2.45) is 0 Å². The van der Waals surface area contributed by atoms with Gasteiger partial charge in [-0.25, -0.2) is 4.79 Å². The Hall–Kier alpha value is -1.80. The molecule has 1 N–H and O–H groups in total. The van der Waals surface area contributed by atoms with E-state index in [9.17, 15) is 9.59 Å². The highest BCUT2D eigenvalue weighted by molar-refractivity contribution is 7.17. The number of aromatic nitrogens is 2. The number of rotatable bonds is 4. The van der Waals surface area contributed by atoms with Crippen LogP contribution in [0.4, 0.5) is 5.00 Å². The summed E-state index contributed by atoms with van der Waals surface area (Å²) in [5.74, 6) is -0.636. The number of ether oxygens (including phenoxy) is 1. The molecule has 3 rings (SSSR count). The fraction of sp³-hybridized carbons (Fsp3) is 0.467. The van der Waals surface area contributed by atoms with Crippen LogP contribution in [-0.4, -0.2) is 28.1 Å². The highest BCUT2D eigenvalue weighted by Crippen LogP contribution is 2.38. The molecule has 0 spiro atoms. The maximum atomic E-state index is 12.4. The van der Waals surface area contributed by atoms with E-state index in [2.05, 4.69) is 14.9 Å². The lowest BCUT2D eigenvalue weighted by atomic mass is 9.95. The summed E-state index contributed by atoms with van der Waals surface area (Å²) in [7, 11) is 0. The van der Waals surface area contributed by atoms with Crippen LogP contribution in [0.15, 0.2) is 0 Å².